The number of sulfonamides is 1. The van der Waals surface area contributed by atoms with Gasteiger partial charge in [-0.15, -0.1) is 0 Å². The predicted octanol–water partition coefficient (Wildman–Crippen LogP) is 0.586. The summed E-state index contributed by atoms with van der Waals surface area (Å²) in [7, 11) is -3.27. The van der Waals surface area contributed by atoms with E-state index in [9.17, 15) is 13.2 Å². The van der Waals surface area contributed by atoms with Crippen LogP contribution in [0.1, 0.15) is 40.0 Å². The third kappa shape index (κ3) is 5.73. The summed E-state index contributed by atoms with van der Waals surface area (Å²) in [6.07, 6.45) is 3.15. The van der Waals surface area contributed by atoms with Crippen LogP contribution >= 0.6 is 0 Å². The van der Waals surface area contributed by atoms with Crippen LogP contribution in [0.25, 0.3) is 0 Å². The number of hydrogen-bond donors (Lipinski definition) is 2. The number of fused-ring (bicyclic) bond motifs is 1. The number of aliphatic imine (C=N–C) groups is 1. The molecule has 1 unspecified atom stereocenters. The third-order valence-electron chi connectivity index (χ3n) is 5.33. The predicted molar refractivity (Wildman–Crippen MR) is 108 cm³/mol. The molecule has 0 aromatic carbocycles. The third-order valence-corrected chi connectivity index (χ3v) is 6.68. The monoisotopic (exact) mass is 415 g/mol. The molecule has 1 aliphatic carbocycles. The van der Waals surface area contributed by atoms with Gasteiger partial charge >= 0.3 is 6.09 Å². The van der Waals surface area contributed by atoms with Crippen molar-refractivity contribution in [3.63, 3.8) is 0 Å². The molecule has 28 heavy (non-hydrogen) atoms. The van der Waals surface area contributed by atoms with E-state index in [0.717, 1.165) is 18.8 Å². The molecule has 0 spiro atoms. The van der Waals surface area contributed by atoms with Crippen LogP contribution in [0.3, 0.4) is 0 Å². The minimum absolute atomic E-state index is 0.0290. The highest BCUT2D eigenvalue weighted by atomic mass is 32.2. The lowest BCUT2D eigenvalue weighted by Gasteiger charge is -2.39. The maximum absolute atomic E-state index is 12.3. The Morgan fingerprint density at radius 2 is 2.04 bits per heavy atom. The fourth-order valence-corrected chi connectivity index (χ4v) is 4.54. The molecule has 3 rings (SSSR count). The van der Waals surface area contributed by atoms with Gasteiger partial charge in [0, 0.05) is 32.7 Å². The van der Waals surface area contributed by atoms with E-state index in [0.29, 0.717) is 45.2 Å². The van der Waals surface area contributed by atoms with Crippen LogP contribution < -0.4 is 10.0 Å². The Labute approximate surface area is 167 Å². The van der Waals surface area contributed by atoms with E-state index >= 15 is 0 Å². The van der Waals surface area contributed by atoms with E-state index in [1.54, 1.807) is 4.90 Å². The Balaban J connectivity index is 1.40. The highest BCUT2D eigenvalue weighted by Crippen LogP contribution is 2.25. The second kappa shape index (κ2) is 8.44. The molecule has 0 aromatic heterocycles. The Morgan fingerprint density at radius 3 is 2.68 bits per heavy atom. The van der Waals surface area contributed by atoms with Crippen molar-refractivity contribution < 1.29 is 17.9 Å². The molecular formula is C18H33N5O4S. The molecule has 0 aromatic rings. The second-order valence-electron chi connectivity index (χ2n) is 8.83. The van der Waals surface area contributed by atoms with Gasteiger partial charge < -0.3 is 19.9 Å². The number of ether oxygens (including phenoxy) is 1. The highest BCUT2D eigenvalue weighted by Gasteiger charge is 2.36. The average molecular weight is 416 g/mol. The van der Waals surface area contributed by atoms with Crippen LogP contribution in [-0.2, 0) is 14.8 Å². The zero-order valence-electron chi connectivity index (χ0n) is 17.1. The molecule has 160 valence electrons. The molecule has 0 radical (unpaired) electrons. The topological polar surface area (TPSA) is 103 Å². The first-order valence-electron chi connectivity index (χ1n) is 10.1. The summed E-state index contributed by atoms with van der Waals surface area (Å²) < 4.78 is 32.4. The van der Waals surface area contributed by atoms with Crippen molar-refractivity contribution >= 4 is 22.1 Å². The molecule has 3 aliphatic rings. The lowest BCUT2D eigenvalue weighted by atomic mass is 9.86. The van der Waals surface area contributed by atoms with Crippen molar-refractivity contribution in [3.05, 3.63) is 0 Å². The van der Waals surface area contributed by atoms with Gasteiger partial charge in [0.1, 0.15) is 5.60 Å². The van der Waals surface area contributed by atoms with E-state index < -0.39 is 15.6 Å². The van der Waals surface area contributed by atoms with E-state index in [4.69, 9.17) is 4.74 Å². The zero-order chi connectivity index (χ0) is 20.4. The van der Waals surface area contributed by atoms with Gasteiger partial charge in [-0.2, -0.15) is 0 Å². The van der Waals surface area contributed by atoms with Crippen LogP contribution in [0, 0.1) is 5.92 Å². The Morgan fingerprint density at radius 1 is 1.29 bits per heavy atom. The van der Waals surface area contributed by atoms with Gasteiger partial charge in [-0.3, -0.25) is 4.99 Å². The zero-order valence-corrected chi connectivity index (χ0v) is 17.9. The standard InChI is InChI=1S/C18H33N5O4S/c1-18(2,3)27-17(24)22-8-9-23-15(13-22)12-20-16(23)19-7-10-28(25,26)21-11-14-5-4-6-14/h14-15,21H,4-13H2,1-3H3,(H,19,20). The molecular weight excluding hydrogens is 382 g/mol. The second-order valence-corrected chi connectivity index (χ2v) is 10.8. The van der Waals surface area contributed by atoms with Crippen molar-refractivity contribution in [2.24, 2.45) is 10.9 Å². The smallest absolute Gasteiger partial charge is 0.410 e. The largest absolute Gasteiger partial charge is 0.444 e. The van der Waals surface area contributed by atoms with Gasteiger partial charge in [-0.25, -0.2) is 17.9 Å². The van der Waals surface area contributed by atoms with Crippen molar-refractivity contribution in [2.45, 2.75) is 51.7 Å². The van der Waals surface area contributed by atoms with Crippen LogP contribution in [0.15, 0.2) is 4.99 Å². The molecule has 2 aliphatic heterocycles. The first-order chi connectivity index (χ1) is 13.1. The van der Waals surface area contributed by atoms with Gasteiger partial charge in [0.15, 0.2) is 5.96 Å². The highest BCUT2D eigenvalue weighted by molar-refractivity contribution is 7.89. The lowest BCUT2D eigenvalue weighted by molar-refractivity contribution is 0.0137. The maximum Gasteiger partial charge on any atom is 0.410 e. The average Bonchev–Trinajstić information content (AvgIpc) is 2.94. The van der Waals surface area contributed by atoms with Crippen molar-refractivity contribution in [1.29, 1.82) is 0 Å². The number of nitrogens with one attached hydrogen (secondary N) is 2. The van der Waals surface area contributed by atoms with Gasteiger partial charge in [0.2, 0.25) is 10.0 Å². The molecule has 9 nitrogen and oxygen atoms in total. The number of rotatable bonds is 6. The van der Waals surface area contributed by atoms with E-state index in [1.807, 2.05) is 20.8 Å². The number of hydrogen-bond acceptors (Lipinski definition) is 7. The first kappa shape index (κ1) is 21.2. The maximum atomic E-state index is 12.3. The lowest BCUT2D eigenvalue weighted by Crippen LogP contribution is -2.57. The Bertz CT molecular complexity index is 699. The van der Waals surface area contributed by atoms with Crippen molar-refractivity contribution in [3.8, 4) is 0 Å². The number of nitrogens with zero attached hydrogens (tertiary/aromatic N) is 3. The fraction of sp³-hybridized carbons (Fsp3) is 0.889. The van der Waals surface area contributed by atoms with Gasteiger partial charge in [-0.05, 0) is 39.5 Å². The normalized spacial score (nSPS) is 23.1. The first-order valence-corrected chi connectivity index (χ1v) is 11.8. The minimum Gasteiger partial charge on any atom is -0.444 e. The number of carbonyl (C=O) groups is 1. The van der Waals surface area contributed by atoms with Gasteiger partial charge in [0.25, 0.3) is 0 Å². The molecule has 2 N–H and O–H groups in total. The molecule has 1 atom stereocenters. The van der Waals surface area contributed by atoms with Crippen LogP contribution in [0.4, 0.5) is 4.79 Å². The van der Waals surface area contributed by atoms with Gasteiger partial charge in [0.05, 0.1) is 18.3 Å². The molecule has 2 heterocycles. The quantitative estimate of drug-likeness (QED) is 0.658. The van der Waals surface area contributed by atoms with Crippen LogP contribution in [0.2, 0.25) is 0 Å². The molecule has 1 amide bonds. The summed E-state index contributed by atoms with van der Waals surface area (Å²) >= 11 is 0. The SMILES string of the molecule is CC(C)(C)OC(=O)N1CCN2C(NCCS(=O)(=O)NCC3CCC3)=NCC2C1. The summed E-state index contributed by atoms with van der Waals surface area (Å²) in [6, 6.07) is 0.108. The summed E-state index contributed by atoms with van der Waals surface area (Å²) in [5.41, 5.74) is -0.509. The van der Waals surface area contributed by atoms with Crippen LogP contribution in [0.5, 0.6) is 0 Å². The molecule has 2 fully saturated rings. The number of amides is 1. The van der Waals surface area contributed by atoms with Gasteiger partial charge in [-0.1, -0.05) is 6.42 Å². The summed E-state index contributed by atoms with van der Waals surface area (Å²) in [5, 5.41) is 3.16. The minimum atomic E-state index is -3.27. The Kier molecular flexibility index (Phi) is 6.38. The van der Waals surface area contributed by atoms with E-state index in [-0.39, 0.29) is 17.9 Å². The van der Waals surface area contributed by atoms with Crippen molar-refractivity contribution in [1.82, 2.24) is 19.8 Å². The summed E-state index contributed by atoms with van der Waals surface area (Å²) in [5.74, 6) is 1.26. The Hall–Kier alpha value is -1.55. The summed E-state index contributed by atoms with van der Waals surface area (Å²) in [6.45, 7) is 8.82. The molecule has 1 saturated carbocycles. The molecule has 10 heteroatoms. The number of guanidine groups is 1. The summed E-state index contributed by atoms with van der Waals surface area (Å²) in [4.78, 5) is 20.6. The number of piperazine rings is 1. The van der Waals surface area contributed by atoms with Crippen molar-refractivity contribution in [2.75, 3.05) is 45.0 Å². The van der Waals surface area contributed by atoms with E-state index in [2.05, 4.69) is 19.9 Å². The number of carbonyl (C=O) groups excluding carboxylic acids is 1. The molecule has 1 saturated heterocycles. The van der Waals surface area contributed by atoms with E-state index in [1.165, 1.54) is 6.42 Å². The molecule has 0 bridgehead atoms. The fourth-order valence-electron chi connectivity index (χ4n) is 3.53. The van der Waals surface area contributed by atoms with Crippen LogP contribution in [-0.4, -0.2) is 86.9 Å².